The fraction of sp³-hybridized carbons (Fsp3) is 0.158. The third kappa shape index (κ3) is 4.35. The molecular formula is C19H16FN3O4. The van der Waals surface area contributed by atoms with Crippen molar-refractivity contribution in [2.45, 2.75) is 20.5 Å². The van der Waals surface area contributed by atoms with Gasteiger partial charge in [-0.1, -0.05) is 17.3 Å². The minimum atomic E-state index is -0.635. The number of esters is 1. The Hall–Kier alpha value is -3.55. The van der Waals surface area contributed by atoms with E-state index in [1.54, 1.807) is 25.1 Å². The predicted molar refractivity (Wildman–Crippen MR) is 94.3 cm³/mol. The molecule has 0 atom stereocenters. The summed E-state index contributed by atoms with van der Waals surface area (Å²) in [6.45, 7) is 2.90. The van der Waals surface area contributed by atoms with Gasteiger partial charge in [0.2, 0.25) is 11.7 Å². The van der Waals surface area contributed by atoms with Gasteiger partial charge in [0.25, 0.3) is 5.89 Å². The zero-order chi connectivity index (χ0) is 19.4. The molecule has 0 spiro atoms. The lowest BCUT2D eigenvalue weighted by atomic mass is 10.1. The number of hydrogen-bond donors (Lipinski definition) is 1. The molecule has 0 aliphatic carbocycles. The summed E-state index contributed by atoms with van der Waals surface area (Å²) < 4.78 is 23.2. The minimum Gasteiger partial charge on any atom is -0.452 e. The summed E-state index contributed by atoms with van der Waals surface area (Å²) >= 11 is 0. The van der Waals surface area contributed by atoms with Crippen LogP contribution >= 0.6 is 0 Å². The highest BCUT2D eigenvalue weighted by atomic mass is 19.1. The Morgan fingerprint density at radius 1 is 1.19 bits per heavy atom. The largest absolute Gasteiger partial charge is 0.452 e. The molecule has 0 fully saturated rings. The van der Waals surface area contributed by atoms with Gasteiger partial charge in [-0.05, 0) is 42.8 Å². The number of rotatable bonds is 5. The maximum Gasteiger partial charge on any atom is 0.340 e. The standard InChI is InChI=1S/C19H16FN3O4/c1-11-4-3-5-15(17(11)21-12(2)24)19(25)26-10-16-22-18(23-27-16)13-6-8-14(20)9-7-13/h3-9H,10H2,1-2H3,(H,21,24). The highest BCUT2D eigenvalue weighted by Crippen LogP contribution is 2.22. The molecule has 1 N–H and O–H groups in total. The fourth-order valence-electron chi connectivity index (χ4n) is 2.41. The van der Waals surface area contributed by atoms with E-state index in [-0.39, 0.29) is 35.6 Å². The van der Waals surface area contributed by atoms with Gasteiger partial charge in [-0.2, -0.15) is 4.98 Å². The summed E-state index contributed by atoms with van der Waals surface area (Å²) in [4.78, 5) is 27.9. The number of hydrogen-bond acceptors (Lipinski definition) is 6. The molecule has 0 saturated carbocycles. The molecule has 1 aromatic heterocycles. The van der Waals surface area contributed by atoms with Gasteiger partial charge in [-0.25, -0.2) is 9.18 Å². The van der Waals surface area contributed by atoms with Crippen LogP contribution in [0.5, 0.6) is 0 Å². The van der Waals surface area contributed by atoms with Gasteiger partial charge in [0.15, 0.2) is 6.61 Å². The van der Waals surface area contributed by atoms with Crippen LogP contribution in [-0.4, -0.2) is 22.0 Å². The van der Waals surface area contributed by atoms with Crippen molar-refractivity contribution < 1.29 is 23.2 Å². The number of ether oxygens (including phenoxy) is 1. The molecule has 3 rings (SSSR count). The number of benzene rings is 2. The van der Waals surface area contributed by atoms with Crippen LogP contribution in [-0.2, 0) is 16.1 Å². The van der Waals surface area contributed by atoms with E-state index in [2.05, 4.69) is 15.5 Å². The first-order chi connectivity index (χ1) is 12.9. The molecule has 1 heterocycles. The van der Waals surface area contributed by atoms with Crippen molar-refractivity contribution in [1.29, 1.82) is 0 Å². The van der Waals surface area contributed by atoms with Crippen LogP contribution < -0.4 is 5.32 Å². The highest BCUT2D eigenvalue weighted by Gasteiger charge is 2.17. The first-order valence-electron chi connectivity index (χ1n) is 8.07. The van der Waals surface area contributed by atoms with Crippen molar-refractivity contribution in [2.24, 2.45) is 0 Å². The second-order valence-corrected chi connectivity index (χ2v) is 5.77. The first kappa shape index (κ1) is 18.2. The van der Waals surface area contributed by atoms with E-state index in [0.717, 1.165) is 5.56 Å². The van der Waals surface area contributed by atoms with Gasteiger partial charge in [0, 0.05) is 12.5 Å². The molecular weight excluding hydrogens is 353 g/mol. The molecule has 0 saturated heterocycles. The predicted octanol–water partition coefficient (Wildman–Crippen LogP) is 3.50. The summed E-state index contributed by atoms with van der Waals surface area (Å²) in [6, 6.07) is 10.6. The van der Waals surface area contributed by atoms with Gasteiger partial charge in [0.05, 0.1) is 11.3 Å². The normalized spacial score (nSPS) is 10.5. The number of halogens is 1. The molecule has 7 nitrogen and oxygen atoms in total. The highest BCUT2D eigenvalue weighted by molar-refractivity contribution is 6.01. The van der Waals surface area contributed by atoms with Gasteiger partial charge in [-0.3, -0.25) is 4.79 Å². The zero-order valence-electron chi connectivity index (χ0n) is 14.7. The van der Waals surface area contributed by atoms with Crippen molar-refractivity contribution in [1.82, 2.24) is 10.1 Å². The number of para-hydroxylation sites is 1. The van der Waals surface area contributed by atoms with E-state index in [0.29, 0.717) is 11.3 Å². The van der Waals surface area contributed by atoms with E-state index in [1.165, 1.54) is 31.2 Å². The average Bonchev–Trinajstić information content (AvgIpc) is 3.10. The quantitative estimate of drug-likeness (QED) is 0.692. The van der Waals surface area contributed by atoms with Crippen LogP contribution in [0.15, 0.2) is 47.0 Å². The van der Waals surface area contributed by atoms with Gasteiger partial charge >= 0.3 is 5.97 Å². The molecule has 27 heavy (non-hydrogen) atoms. The van der Waals surface area contributed by atoms with E-state index in [4.69, 9.17) is 9.26 Å². The minimum absolute atomic E-state index is 0.0939. The van der Waals surface area contributed by atoms with Crippen molar-refractivity contribution in [3.8, 4) is 11.4 Å². The van der Waals surface area contributed by atoms with E-state index >= 15 is 0 Å². The second kappa shape index (κ2) is 7.77. The summed E-state index contributed by atoms with van der Waals surface area (Å²) in [7, 11) is 0. The summed E-state index contributed by atoms with van der Waals surface area (Å²) in [6.07, 6.45) is 0. The Morgan fingerprint density at radius 3 is 2.63 bits per heavy atom. The fourth-order valence-corrected chi connectivity index (χ4v) is 2.41. The van der Waals surface area contributed by atoms with Crippen LogP contribution in [0, 0.1) is 12.7 Å². The Bertz CT molecular complexity index is 983. The van der Waals surface area contributed by atoms with Crippen LogP contribution in [0.4, 0.5) is 10.1 Å². The van der Waals surface area contributed by atoms with E-state index in [1.807, 2.05) is 0 Å². The molecule has 0 unspecified atom stereocenters. The van der Waals surface area contributed by atoms with E-state index in [9.17, 15) is 14.0 Å². The van der Waals surface area contributed by atoms with Crippen molar-refractivity contribution >= 4 is 17.6 Å². The molecule has 2 aromatic carbocycles. The van der Waals surface area contributed by atoms with Crippen LogP contribution in [0.25, 0.3) is 11.4 Å². The van der Waals surface area contributed by atoms with Crippen LogP contribution in [0.3, 0.4) is 0 Å². The number of anilines is 1. The third-order valence-corrected chi connectivity index (χ3v) is 3.69. The molecule has 0 radical (unpaired) electrons. The zero-order valence-corrected chi connectivity index (χ0v) is 14.7. The molecule has 0 aliphatic rings. The lowest BCUT2D eigenvalue weighted by Gasteiger charge is -2.11. The third-order valence-electron chi connectivity index (χ3n) is 3.69. The molecule has 1 amide bonds. The second-order valence-electron chi connectivity index (χ2n) is 5.77. The van der Waals surface area contributed by atoms with Crippen molar-refractivity contribution in [3.63, 3.8) is 0 Å². The number of carbonyl (C=O) groups excluding carboxylic acids is 2. The van der Waals surface area contributed by atoms with Crippen molar-refractivity contribution in [3.05, 3.63) is 65.3 Å². The molecule has 138 valence electrons. The van der Waals surface area contributed by atoms with E-state index < -0.39 is 5.97 Å². The van der Waals surface area contributed by atoms with Crippen molar-refractivity contribution in [2.75, 3.05) is 5.32 Å². The number of aromatic nitrogens is 2. The van der Waals surface area contributed by atoms with Gasteiger partial charge < -0.3 is 14.6 Å². The number of nitrogens with zero attached hydrogens (tertiary/aromatic N) is 2. The molecule has 8 heteroatoms. The Labute approximate surface area is 154 Å². The summed E-state index contributed by atoms with van der Waals surface area (Å²) in [5.74, 6) is -0.945. The van der Waals surface area contributed by atoms with Crippen LogP contribution in [0.1, 0.15) is 28.7 Å². The smallest absolute Gasteiger partial charge is 0.340 e. The SMILES string of the molecule is CC(=O)Nc1c(C)cccc1C(=O)OCc1nc(-c2ccc(F)cc2)no1. The maximum atomic E-state index is 13.0. The summed E-state index contributed by atoms with van der Waals surface area (Å²) in [5, 5.41) is 6.41. The number of aryl methyl sites for hydroxylation is 1. The number of amides is 1. The Kier molecular flexibility index (Phi) is 5.25. The molecule has 0 bridgehead atoms. The van der Waals surface area contributed by atoms with Gasteiger partial charge in [-0.15, -0.1) is 0 Å². The summed E-state index contributed by atoms with van der Waals surface area (Å²) in [5.41, 5.74) is 1.93. The number of nitrogens with one attached hydrogen (secondary N) is 1. The Morgan fingerprint density at radius 2 is 1.93 bits per heavy atom. The van der Waals surface area contributed by atoms with Crippen LogP contribution in [0.2, 0.25) is 0 Å². The average molecular weight is 369 g/mol. The Balaban J connectivity index is 1.71. The lowest BCUT2D eigenvalue weighted by Crippen LogP contribution is -2.14. The van der Waals surface area contributed by atoms with Gasteiger partial charge in [0.1, 0.15) is 5.82 Å². The molecule has 0 aliphatic heterocycles. The monoisotopic (exact) mass is 369 g/mol. The maximum absolute atomic E-state index is 13.0. The lowest BCUT2D eigenvalue weighted by molar-refractivity contribution is -0.114. The first-order valence-corrected chi connectivity index (χ1v) is 8.07. The molecule has 3 aromatic rings. The topological polar surface area (TPSA) is 94.3 Å². The number of carbonyl (C=O) groups is 2.